The topological polar surface area (TPSA) is 110 Å². The van der Waals surface area contributed by atoms with Crippen LogP contribution >= 0.6 is 0 Å². The van der Waals surface area contributed by atoms with Gasteiger partial charge in [-0.3, -0.25) is 9.59 Å². The Bertz CT molecular complexity index is 730. The molecule has 0 saturated carbocycles. The van der Waals surface area contributed by atoms with Crippen molar-refractivity contribution in [3.8, 4) is 5.75 Å². The van der Waals surface area contributed by atoms with Crippen LogP contribution in [-0.2, 0) is 14.3 Å². The number of nitrogens with zero attached hydrogens (tertiary/aromatic N) is 1. The molecule has 0 aliphatic carbocycles. The molecule has 9 nitrogen and oxygen atoms in total. The third-order valence-corrected chi connectivity index (χ3v) is 4.97. The summed E-state index contributed by atoms with van der Waals surface area (Å²) in [6, 6.07) is -0.00919. The van der Waals surface area contributed by atoms with Crippen LogP contribution in [0.25, 0.3) is 0 Å². The summed E-state index contributed by atoms with van der Waals surface area (Å²) >= 11 is 0. The first kappa shape index (κ1) is 23.9. The molecule has 3 atom stereocenters. The highest BCUT2D eigenvalue weighted by Gasteiger charge is 2.38. The van der Waals surface area contributed by atoms with Gasteiger partial charge in [-0.05, 0) is 46.2 Å². The van der Waals surface area contributed by atoms with Gasteiger partial charge in [-0.2, -0.15) is 0 Å². The Morgan fingerprint density at radius 2 is 2.03 bits per heavy atom. The van der Waals surface area contributed by atoms with Crippen LogP contribution in [-0.4, -0.2) is 68.1 Å². The fourth-order valence-electron chi connectivity index (χ4n) is 3.16. The molecule has 0 bridgehead atoms. The summed E-state index contributed by atoms with van der Waals surface area (Å²) in [5.74, 6) is 0.518. The van der Waals surface area contributed by atoms with Crippen LogP contribution in [0.5, 0.6) is 5.75 Å². The number of furan rings is 1. The van der Waals surface area contributed by atoms with Crippen molar-refractivity contribution >= 4 is 17.8 Å². The monoisotopic (exact) mass is 423 g/mol. The number of carbonyl (C=O) groups excluding carboxylic acids is 3. The van der Waals surface area contributed by atoms with E-state index >= 15 is 0 Å². The maximum Gasteiger partial charge on any atom is 0.413 e. The van der Waals surface area contributed by atoms with Crippen LogP contribution < -0.4 is 15.4 Å². The molecule has 2 unspecified atom stereocenters. The summed E-state index contributed by atoms with van der Waals surface area (Å²) in [4.78, 5) is 39.5. The SMILES string of the molecule is Cc1occc1OC(=O)N[C@@H](CCC(C)C)C(=O)NC1C(=O)COC1CCN(C)C. The summed E-state index contributed by atoms with van der Waals surface area (Å²) in [7, 11) is 3.87. The van der Waals surface area contributed by atoms with Crippen LogP contribution in [0.2, 0.25) is 0 Å². The van der Waals surface area contributed by atoms with Gasteiger partial charge in [-0.1, -0.05) is 13.8 Å². The van der Waals surface area contributed by atoms with Crippen molar-refractivity contribution in [2.75, 3.05) is 27.2 Å². The van der Waals surface area contributed by atoms with Crippen molar-refractivity contribution in [1.29, 1.82) is 0 Å². The quantitative estimate of drug-likeness (QED) is 0.591. The van der Waals surface area contributed by atoms with Crippen molar-refractivity contribution in [1.82, 2.24) is 15.5 Å². The maximum absolute atomic E-state index is 12.9. The van der Waals surface area contributed by atoms with Crippen LogP contribution in [0.1, 0.15) is 38.9 Å². The van der Waals surface area contributed by atoms with Gasteiger partial charge in [0, 0.05) is 12.6 Å². The summed E-state index contributed by atoms with van der Waals surface area (Å²) in [6.07, 6.45) is 2.06. The highest BCUT2D eigenvalue weighted by Crippen LogP contribution is 2.19. The number of hydrogen-bond donors (Lipinski definition) is 2. The van der Waals surface area contributed by atoms with Gasteiger partial charge in [0.1, 0.15) is 24.5 Å². The Hall–Kier alpha value is -2.39. The molecule has 0 spiro atoms. The molecule has 30 heavy (non-hydrogen) atoms. The van der Waals surface area contributed by atoms with Gasteiger partial charge in [0.15, 0.2) is 11.5 Å². The number of nitrogens with one attached hydrogen (secondary N) is 2. The van der Waals surface area contributed by atoms with Crippen molar-refractivity contribution in [3.05, 3.63) is 18.1 Å². The second-order valence-electron chi connectivity index (χ2n) is 8.29. The molecule has 9 heteroatoms. The lowest BCUT2D eigenvalue weighted by molar-refractivity contribution is -0.127. The van der Waals surface area contributed by atoms with Gasteiger partial charge in [-0.15, -0.1) is 0 Å². The van der Waals surface area contributed by atoms with Gasteiger partial charge in [0.25, 0.3) is 0 Å². The van der Waals surface area contributed by atoms with Crippen molar-refractivity contribution in [2.45, 2.75) is 58.2 Å². The molecular weight excluding hydrogens is 390 g/mol. The first-order valence-corrected chi connectivity index (χ1v) is 10.3. The van der Waals surface area contributed by atoms with E-state index in [4.69, 9.17) is 13.9 Å². The van der Waals surface area contributed by atoms with Crippen molar-refractivity contribution in [3.63, 3.8) is 0 Å². The van der Waals surface area contributed by atoms with Crippen LogP contribution in [0, 0.1) is 12.8 Å². The second kappa shape index (κ2) is 11.1. The first-order valence-electron chi connectivity index (χ1n) is 10.3. The average molecular weight is 424 g/mol. The Labute approximate surface area is 177 Å². The molecule has 2 rings (SSSR count). The summed E-state index contributed by atoms with van der Waals surface area (Å²) in [5.41, 5.74) is 0. The van der Waals surface area contributed by atoms with Crippen LogP contribution in [0.15, 0.2) is 16.7 Å². The van der Waals surface area contributed by atoms with Crippen LogP contribution in [0.4, 0.5) is 4.79 Å². The van der Waals surface area contributed by atoms with Gasteiger partial charge < -0.3 is 29.4 Å². The summed E-state index contributed by atoms with van der Waals surface area (Å²) < 4.78 is 15.9. The number of hydrogen-bond acceptors (Lipinski definition) is 7. The lowest BCUT2D eigenvalue weighted by atomic mass is 10.0. The number of Topliss-reactive ketones (excluding diaryl/α,β-unsaturated/α-hetero) is 1. The second-order valence-corrected chi connectivity index (χ2v) is 8.29. The van der Waals surface area contributed by atoms with E-state index in [0.717, 1.165) is 13.0 Å². The number of ketones is 1. The zero-order valence-electron chi connectivity index (χ0n) is 18.4. The van der Waals surface area contributed by atoms with E-state index in [-0.39, 0.29) is 18.5 Å². The van der Waals surface area contributed by atoms with E-state index in [1.54, 1.807) is 6.92 Å². The van der Waals surface area contributed by atoms with E-state index in [1.807, 2.05) is 32.8 Å². The van der Waals surface area contributed by atoms with Gasteiger partial charge in [0.2, 0.25) is 5.91 Å². The van der Waals surface area contributed by atoms with E-state index < -0.39 is 24.1 Å². The molecule has 0 radical (unpaired) electrons. The Balaban J connectivity index is 2.01. The molecule has 2 amide bonds. The van der Waals surface area contributed by atoms with Crippen molar-refractivity contribution < 1.29 is 28.3 Å². The fraction of sp³-hybridized carbons (Fsp3) is 0.667. The molecule has 1 fully saturated rings. The zero-order chi connectivity index (χ0) is 22.3. The third kappa shape index (κ3) is 7.14. The average Bonchev–Trinajstić information content (AvgIpc) is 3.22. The molecule has 168 valence electrons. The Morgan fingerprint density at radius 1 is 1.30 bits per heavy atom. The van der Waals surface area contributed by atoms with Gasteiger partial charge >= 0.3 is 6.09 Å². The number of aryl methyl sites for hydroxylation is 1. The molecule has 2 N–H and O–H groups in total. The highest BCUT2D eigenvalue weighted by molar-refractivity contribution is 5.94. The van der Waals surface area contributed by atoms with E-state index in [0.29, 0.717) is 30.3 Å². The minimum Gasteiger partial charge on any atom is -0.466 e. The number of carbonyl (C=O) groups is 3. The smallest absolute Gasteiger partial charge is 0.413 e. The first-order chi connectivity index (χ1) is 14.2. The molecule has 2 heterocycles. The molecule has 1 aliphatic rings. The number of amides is 2. The number of rotatable bonds is 10. The fourth-order valence-corrected chi connectivity index (χ4v) is 3.16. The van der Waals surface area contributed by atoms with E-state index in [9.17, 15) is 14.4 Å². The zero-order valence-corrected chi connectivity index (χ0v) is 18.4. The Kier molecular flexibility index (Phi) is 8.86. The molecule has 1 aliphatic heterocycles. The summed E-state index contributed by atoms with van der Waals surface area (Å²) in [5, 5.41) is 5.40. The minimum absolute atomic E-state index is 0.0189. The lowest BCUT2D eigenvalue weighted by Crippen LogP contribution is -2.54. The molecule has 1 saturated heterocycles. The lowest BCUT2D eigenvalue weighted by Gasteiger charge is -2.24. The highest BCUT2D eigenvalue weighted by atomic mass is 16.6. The molecule has 1 aromatic rings. The van der Waals surface area contributed by atoms with Gasteiger partial charge in [-0.25, -0.2) is 4.79 Å². The minimum atomic E-state index is -0.824. The Morgan fingerprint density at radius 3 is 2.63 bits per heavy atom. The van der Waals surface area contributed by atoms with E-state index in [2.05, 4.69) is 10.6 Å². The maximum atomic E-state index is 12.9. The van der Waals surface area contributed by atoms with E-state index in [1.165, 1.54) is 12.3 Å². The predicted octanol–water partition coefficient (Wildman–Crippen LogP) is 1.89. The molecule has 1 aromatic heterocycles. The van der Waals surface area contributed by atoms with Crippen molar-refractivity contribution in [2.24, 2.45) is 5.92 Å². The van der Waals surface area contributed by atoms with Gasteiger partial charge in [0.05, 0.1) is 12.4 Å². The summed E-state index contributed by atoms with van der Waals surface area (Å²) in [6.45, 7) is 6.46. The molecular formula is C21H33N3O6. The largest absolute Gasteiger partial charge is 0.466 e. The normalized spacial score (nSPS) is 19.9. The standard InChI is InChI=1S/C21H33N3O6/c1-13(2)6-7-15(22-21(27)30-17-9-11-28-14(17)3)20(26)23-19-16(25)12-29-18(19)8-10-24(4)5/h9,11,13,15,18-19H,6-8,10,12H2,1-5H3,(H,22,27)(H,23,26)/t15-,18?,19?/m0/s1. The molecule has 0 aromatic carbocycles. The van der Waals surface area contributed by atoms with Crippen LogP contribution in [0.3, 0.4) is 0 Å². The predicted molar refractivity (Wildman–Crippen MR) is 110 cm³/mol. The third-order valence-electron chi connectivity index (χ3n) is 4.97. The number of ether oxygens (including phenoxy) is 2.